The van der Waals surface area contributed by atoms with Crippen molar-refractivity contribution in [2.45, 2.75) is 38.3 Å². The zero-order chi connectivity index (χ0) is 18.4. The second kappa shape index (κ2) is 8.54. The number of rotatable bonds is 8. The number of nitrogens with zero attached hydrogens (tertiary/aromatic N) is 2. The van der Waals surface area contributed by atoms with Crippen LogP contribution in [0.15, 0.2) is 18.2 Å². The molecular formula is C19H30N2O4. The second-order valence-corrected chi connectivity index (χ2v) is 6.75. The number of aliphatic hydroxyl groups is 1. The van der Waals surface area contributed by atoms with Gasteiger partial charge in [0, 0.05) is 25.2 Å². The van der Waals surface area contributed by atoms with Crippen LogP contribution < -0.4 is 9.47 Å². The van der Waals surface area contributed by atoms with Crippen LogP contribution in [0, 0.1) is 0 Å². The predicted octanol–water partition coefficient (Wildman–Crippen LogP) is 1.90. The lowest BCUT2D eigenvalue weighted by Gasteiger charge is -2.40. The fraction of sp³-hybridized carbons (Fsp3) is 0.632. The highest BCUT2D eigenvalue weighted by Gasteiger charge is 2.42. The molecule has 1 aromatic carbocycles. The van der Waals surface area contributed by atoms with Crippen LogP contribution in [0.25, 0.3) is 0 Å². The van der Waals surface area contributed by atoms with Crippen LogP contribution >= 0.6 is 0 Å². The molecule has 6 heteroatoms. The monoisotopic (exact) mass is 350 g/mol. The fourth-order valence-corrected chi connectivity index (χ4v) is 3.55. The third-order valence-corrected chi connectivity index (χ3v) is 4.69. The summed E-state index contributed by atoms with van der Waals surface area (Å²) >= 11 is 0. The van der Waals surface area contributed by atoms with Crippen molar-refractivity contribution in [3.05, 3.63) is 23.8 Å². The Bertz CT molecular complexity index is 593. The van der Waals surface area contributed by atoms with Crippen molar-refractivity contribution in [1.82, 2.24) is 9.80 Å². The van der Waals surface area contributed by atoms with E-state index in [0.29, 0.717) is 37.6 Å². The van der Waals surface area contributed by atoms with Gasteiger partial charge in [0.05, 0.1) is 14.2 Å². The predicted molar refractivity (Wildman–Crippen MR) is 96.9 cm³/mol. The van der Waals surface area contributed by atoms with Crippen molar-refractivity contribution < 1.29 is 19.4 Å². The lowest BCUT2D eigenvalue weighted by Crippen LogP contribution is -2.57. The molecule has 0 aliphatic carbocycles. The van der Waals surface area contributed by atoms with Crippen molar-refractivity contribution >= 4 is 5.91 Å². The number of hydrogen-bond acceptors (Lipinski definition) is 5. The van der Waals surface area contributed by atoms with Gasteiger partial charge in [-0.05, 0) is 38.9 Å². The molecule has 1 amide bonds. The van der Waals surface area contributed by atoms with Crippen molar-refractivity contribution in [3.63, 3.8) is 0 Å². The largest absolute Gasteiger partial charge is 0.493 e. The topological polar surface area (TPSA) is 62.2 Å². The molecule has 1 aliphatic heterocycles. The summed E-state index contributed by atoms with van der Waals surface area (Å²) in [4.78, 5) is 16.7. The van der Waals surface area contributed by atoms with Crippen LogP contribution in [-0.2, 0) is 11.3 Å². The van der Waals surface area contributed by atoms with Gasteiger partial charge < -0.3 is 24.4 Å². The van der Waals surface area contributed by atoms with Gasteiger partial charge in [0.25, 0.3) is 5.91 Å². The Morgan fingerprint density at radius 2 is 2.08 bits per heavy atom. The lowest BCUT2D eigenvalue weighted by molar-refractivity contribution is -0.159. The number of benzene rings is 1. The van der Waals surface area contributed by atoms with Gasteiger partial charge in [0.15, 0.2) is 17.1 Å². The minimum Gasteiger partial charge on any atom is -0.493 e. The molecule has 0 aromatic heterocycles. The molecule has 0 saturated carbocycles. The molecule has 1 fully saturated rings. The summed E-state index contributed by atoms with van der Waals surface area (Å²) in [7, 11) is 5.13. The summed E-state index contributed by atoms with van der Waals surface area (Å²) in [6, 6.07) is 5.63. The summed E-state index contributed by atoms with van der Waals surface area (Å²) in [5.41, 5.74) is -0.435. The Kier molecular flexibility index (Phi) is 6.67. The van der Waals surface area contributed by atoms with Crippen LogP contribution in [0.3, 0.4) is 0 Å². The molecule has 1 N–H and O–H groups in total. The van der Waals surface area contributed by atoms with Gasteiger partial charge in [-0.2, -0.15) is 0 Å². The molecule has 2 rings (SSSR count). The summed E-state index contributed by atoms with van der Waals surface area (Å²) in [6.07, 6.45) is 2.28. The normalized spacial score (nSPS) is 20.9. The highest BCUT2D eigenvalue weighted by molar-refractivity contribution is 5.86. The third kappa shape index (κ3) is 4.44. The second-order valence-electron chi connectivity index (χ2n) is 6.75. The molecule has 1 saturated heterocycles. The average Bonchev–Trinajstić information content (AvgIpc) is 2.59. The van der Waals surface area contributed by atoms with Gasteiger partial charge in [-0.15, -0.1) is 0 Å². The summed E-state index contributed by atoms with van der Waals surface area (Å²) in [5.74, 6) is 1.07. The zero-order valence-electron chi connectivity index (χ0n) is 15.7. The molecule has 0 radical (unpaired) electrons. The number of likely N-dealkylation sites (tertiary alicyclic amines) is 1. The SMILES string of the molecule is CCCN(C)C[C@]1(O)CCCN(Cc2cccc(OC)c2OC)C1=O. The number of hydrogen-bond donors (Lipinski definition) is 1. The molecule has 0 spiro atoms. The van der Waals surface area contributed by atoms with E-state index in [4.69, 9.17) is 9.47 Å². The summed E-state index contributed by atoms with van der Waals surface area (Å²) in [6.45, 7) is 4.35. The molecule has 6 nitrogen and oxygen atoms in total. The van der Waals surface area contributed by atoms with Crippen LogP contribution in [0.2, 0.25) is 0 Å². The number of carbonyl (C=O) groups is 1. The number of likely N-dealkylation sites (N-methyl/N-ethyl adjacent to an activating group) is 1. The van der Waals surface area contributed by atoms with Gasteiger partial charge in [-0.3, -0.25) is 4.79 Å². The first kappa shape index (κ1) is 19.5. The number of carbonyl (C=O) groups excluding carboxylic acids is 1. The quantitative estimate of drug-likeness (QED) is 0.776. The van der Waals surface area contributed by atoms with Crippen LogP contribution in [0.1, 0.15) is 31.7 Å². The van der Waals surface area contributed by atoms with Crippen molar-refractivity contribution in [3.8, 4) is 11.5 Å². The van der Waals surface area contributed by atoms with E-state index in [1.807, 2.05) is 30.1 Å². The van der Waals surface area contributed by atoms with Crippen molar-refractivity contribution in [1.29, 1.82) is 0 Å². The minimum absolute atomic E-state index is 0.202. The molecule has 1 aliphatic rings. The van der Waals surface area contributed by atoms with Gasteiger partial charge in [-0.25, -0.2) is 0 Å². The average molecular weight is 350 g/mol. The number of para-hydroxylation sites is 1. The summed E-state index contributed by atoms with van der Waals surface area (Å²) < 4.78 is 10.8. The molecule has 0 bridgehead atoms. The lowest BCUT2D eigenvalue weighted by atomic mass is 9.90. The standard InChI is InChI=1S/C19H30N2O4/c1-5-11-20(2)14-19(23)10-7-12-21(18(19)22)13-15-8-6-9-16(24-3)17(15)25-4/h6,8-9,23H,5,7,10-14H2,1-4H3/t19-/m1/s1. The van der Waals surface area contributed by atoms with E-state index >= 15 is 0 Å². The maximum atomic E-state index is 12.9. The number of piperidine rings is 1. The minimum atomic E-state index is -1.31. The number of amides is 1. The van der Waals surface area contributed by atoms with Crippen LogP contribution in [-0.4, -0.2) is 67.3 Å². The number of methoxy groups -OCH3 is 2. The van der Waals surface area contributed by atoms with Crippen LogP contribution in [0.5, 0.6) is 11.5 Å². The van der Waals surface area contributed by atoms with E-state index < -0.39 is 5.60 Å². The first-order valence-electron chi connectivity index (χ1n) is 8.85. The Morgan fingerprint density at radius 1 is 1.32 bits per heavy atom. The zero-order valence-corrected chi connectivity index (χ0v) is 15.7. The molecule has 1 heterocycles. The Balaban J connectivity index is 2.16. The van der Waals surface area contributed by atoms with E-state index in [2.05, 4.69) is 6.92 Å². The highest BCUT2D eigenvalue weighted by atomic mass is 16.5. The van der Waals surface area contributed by atoms with Gasteiger partial charge in [-0.1, -0.05) is 19.1 Å². The van der Waals surface area contributed by atoms with Gasteiger partial charge >= 0.3 is 0 Å². The maximum Gasteiger partial charge on any atom is 0.256 e. The Morgan fingerprint density at radius 3 is 2.72 bits per heavy atom. The molecular weight excluding hydrogens is 320 g/mol. The van der Waals surface area contributed by atoms with Gasteiger partial charge in [0.1, 0.15) is 0 Å². The Labute approximate surface area is 150 Å². The summed E-state index contributed by atoms with van der Waals surface area (Å²) in [5, 5.41) is 10.9. The molecule has 1 atom stereocenters. The van der Waals surface area contributed by atoms with E-state index in [1.54, 1.807) is 19.1 Å². The first-order valence-corrected chi connectivity index (χ1v) is 8.85. The number of ether oxygens (including phenoxy) is 2. The smallest absolute Gasteiger partial charge is 0.256 e. The van der Waals surface area contributed by atoms with Crippen LogP contribution in [0.4, 0.5) is 0 Å². The maximum absolute atomic E-state index is 12.9. The first-order chi connectivity index (χ1) is 11.9. The highest BCUT2D eigenvalue weighted by Crippen LogP contribution is 2.33. The van der Waals surface area contributed by atoms with Gasteiger partial charge in [0.2, 0.25) is 0 Å². The van der Waals surface area contributed by atoms with Crippen molar-refractivity contribution in [2.75, 3.05) is 40.9 Å². The van der Waals surface area contributed by atoms with E-state index in [1.165, 1.54) is 0 Å². The molecule has 140 valence electrons. The van der Waals surface area contributed by atoms with E-state index in [0.717, 1.165) is 24.9 Å². The van der Waals surface area contributed by atoms with E-state index in [9.17, 15) is 9.90 Å². The molecule has 0 unspecified atom stereocenters. The molecule has 25 heavy (non-hydrogen) atoms. The Hall–Kier alpha value is -1.79. The fourth-order valence-electron chi connectivity index (χ4n) is 3.55. The van der Waals surface area contributed by atoms with E-state index in [-0.39, 0.29) is 5.91 Å². The third-order valence-electron chi connectivity index (χ3n) is 4.69. The molecule has 1 aromatic rings. The van der Waals surface area contributed by atoms with Crippen molar-refractivity contribution in [2.24, 2.45) is 0 Å².